The van der Waals surface area contributed by atoms with Gasteiger partial charge in [-0.2, -0.15) is 5.10 Å². The molecule has 2 aromatic carbocycles. The molecule has 2 rings (SSSR count). The Morgan fingerprint density at radius 2 is 2.08 bits per heavy atom. The smallest absolute Gasteiger partial charge is 0.278 e. The third-order valence-corrected chi connectivity index (χ3v) is 4.11. The number of nitrogens with one attached hydrogen (secondary N) is 1. The predicted molar refractivity (Wildman–Crippen MR) is 101 cm³/mol. The number of halogens is 2. The highest BCUT2D eigenvalue weighted by Gasteiger charge is 2.11. The molecule has 0 saturated heterocycles. The Bertz CT molecular complexity index is 817. The van der Waals surface area contributed by atoms with E-state index >= 15 is 0 Å². The van der Waals surface area contributed by atoms with Crippen LogP contribution in [0.5, 0.6) is 5.75 Å². The number of carbonyl (C=O) groups is 1. The molecule has 0 saturated carbocycles. The van der Waals surface area contributed by atoms with Crippen molar-refractivity contribution in [2.45, 2.75) is 6.92 Å². The third-order valence-electron chi connectivity index (χ3n) is 3.07. The second-order valence-corrected chi connectivity index (χ2v) is 6.70. The number of amides is 1. The first-order valence-electron chi connectivity index (χ1n) is 7.02. The topological polar surface area (TPSA) is 93.8 Å². The zero-order valence-electron chi connectivity index (χ0n) is 13.0. The fourth-order valence-electron chi connectivity index (χ4n) is 1.98. The summed E-state index contributed by atoms with van der Waals surface area (Å²) in [5.74, 6) is 0.0741. The summed E-state index contributed by atoms with van der Waals surface area (Å²) in [7, 11) is 0. The van der Waals surface area contributed by atoms with E-state index in [-0.39, 0.29) is 12.3 Å². The molecule has 0 aliphatic carbocycles. The van der Waals surface area contributed by atoms with Gasteiger partial charge in [0.15, 0.2) is 6.61 Å². The van der Waals surface area contributed by atoms with Gasteiger partial charge in [0.2, 0.25) is 0 Å². The Balaban J connectivity index is 1.95. The van der Waals surface area contributed by atoms with Gasteiger partial charge in [0.1, 0.15) is 5.75 Å². The van der Waals surface area contributed by atoms with Crippen molar-refractivity contribution in [2.24, 2.45) is 5.10 Å². The first-order valence-corrected chi connectivity index (χ1v) is 8.61. The van der Waals surface area contributed by atoms with E-state index in [1.54, 1.807) is 12.1 Å². The molecule has 0 heterocycles. The molecule has 0 bridgehead atoms. The summed E-state index contributed by atoms with van der Waals surface area (Å²) >= 11 is 6.74. The average Bonchev–Trinajstić information content (AvgIpc) is 2.54. The number of nitro groups is 1. The fourth-order valence-corrected chi connectivity index (χ4v) is 3.53. The molecule has 1 N–H and O–H groups in total. The van der Waals surface area contributed by atoms with Crippen molar-refractivity contribution in [3.05, 3.63) is 66.6 Å². The van der Waals surface area contributed by atoms with Crippen LogP contribution < -0.4 is 10.2 Å². The Morgan fingerprint density at radius 3 is 2.76 bits per heavy atom. The molecule has 0 atom stereocenters. The summed E-state index contributed by atoms with van der Waals surface area (Å²) in [6.45, 7) is 1.62. The van der Waals surface area contributed by atoms with Gasteiger partial charge in [0.05, 0.1) is 21.2 Å². The van der Waals surface area contributed by atoms with Crippen LogP contribution in [0, 0.1) is 17.0 Å². The number of hydrazone groups is 1. The number of nitrogens with zero attached hydrogens (tertiary/aromatic N) is 2. The third kappa shape index (κ3) is 5.36. The largest absolute Gasteiger partial charge is 0.482 e. The van der Waals surface area contributed by atoms with Crippen molar-refractivity contribution >= 4 is 49.7 Å². The second kappa shape index (κ2) is 8.72. The predicted octanol–water partition coefficient (Wildman–Crippen LogP) is 3.96. The van der Waals surface area contributed by atoms with E-state index < -0.39 is 10.8 Å². The van der Waals surface area contributed by atoms with Crippen molar-refractivity contribution in [3.63, 3.8) is 0 Å². The van der Waals surface area contributed by atoms with Gasteiger partial charge in [-0.05, 0) is 46.6 Å². The Morgan fingerprint density at radius 1 is 1.36 bits per heavy atom. The number of para-hydroxylation sites is 1. The fraction of sp³-hybridized carbons (Fsp3) is 0.125. The molecule has 0 fully saturated rings. The standard InChI is InChI=1S/C16H13Br2N3O4/c1-10-6-12(17)7-13(18)16(10)25-9-15(22)20-19-8-11-4-2-3-5-14(11)21(23)24/h2-8H,9H2,1H3,(H,20,22)/b19-8+. The van der Waals surface area contributed by atoms with Gasteiger partial charge >= 0.3 is 0 Å². The normalized spacial score (nSPS) is 10.7. The molecule has 0 aliphatic rings. The van der Waals surface area contributed by atoms with E-state index in [0.717, 1.165) is 14.5 Å². The van der Waals surface area contributed by atoms with Crippen LogP contribution in [0.25, 0.3) is 0 Å². The highest BCUT2D eigenvalue weighted by atomic mass is 79.9. The number of nitro benzene ring substituents is 1. The summed E-state index contributed by atoms with van der Waals surface area (Å²) in [6, 6.07) is 9.78. The summed E-state index contributed by atoms with van der Waals surface area (Å²) in [5, 5.41) is 14.6. The minimum absolute atomic E-state index is 0.0915. The Labute approximate surface area is 160 Å². The lowest BCUT2D eigenvalue weighted by Crippen LogP contribution is -2.24. The quantitative estimate of drug-likeness (QED) is 0.392. The van der Waals surface area contributed by atoms with Crippen molar-refractivity contribution < 1.29 is 14.5 Å². The van der Waals surface area contributed by atoms with Gasteiger partial charge in [-0.1, -0.05) is 28.1 Å². The number of benzene rings is 2. The number of hydrogen-bond acceptors (Lipinski definition) is 5. The van der Waals surface area contributed by atoms with Crippen LogP contribution in [-0.4, -0.2) is 23.7 Å². The maximum Gasteiger partial charge on any atom is 0.278 e. The van der Waals surface area contributed by atoms with Crippen LogP contribution in [0.2, 0.25) is 0 Å². The van der Waals surface area contributed by atoms with Gasteiger partial charge in [-0.15, -0.1) is 0 Å². The van der Waals surface area contributed by atoms with Crippen LogP contribution in [0.1, 0.15) is 11.1 Å². The highest BCUT2D eigenvalue weighted by Crippen LogP contribution is 2.32. The molecule has 0 spiro atoms. The molecule has 0 aliphatic heterocycles. The zero-order chi connectivity index (χ0) is 18.4. The summed E-state index contributed by atoms with van der Waals surface area (Å²) in [4.78, 5) is 22.2. The SMILES string of the molecule is Cc1cc(Br)cc(Br)c1OCC(=O)N/N=C/c1ccccc1[N+](=O)[O-]. The molecule has 0 unspecified atom stereocenters. The molecular weight excluding hydrogens is 458 g/mol. The second-order valence-electron chi connectivity index (χ2n) is 4.93. The Kier molecular flexibility index (Phi) is 6.65. The van der Waals surface area contributed by atoms with Crippen molar-refractivity contribution in [1.82, 2.24) is 5.43 Å². The first kappa shape index (κ1) is 19.1. The van der Waals surface area contributed by atoms with E-state index in [2.05, 4.69) is 42.4 Å². The molecule has 0 radical (unpaired) electrons. The van der Waals surface area contributed by atoms with Gasteiger partial charge < -0.3 is 4.74 Å². The van der Waals surface area contributed by atoms with Crippen LogP contribution in [0.3, 0.4) is 0 Å². The van der Waals surface area contributed by atoms with Crippen molar-refractivity contribution in [1.29, 1.82) is 0 Å². The highest BCUT2D eigenvalue weighted by molar-refractivity contribution is 9.11. The van der Waals surface area contributed by atoms with Gasteiger partial charge in [-0.25, -0.2) is 5.43 Å². The van der Waals surface area contributed by atoms with Gasteiger partial charge in [0.25, 0.3) is 11.6 Å². The monoisotopic (exact) mass is 469 g/mol. The van der Waals surface area contributed by atoms with E-state index in [1.807, 2.05) is 19.1 Å². The van der Waals surface area contributed by atoms with E-state index in [4.69, 9.17) is 4.74 Å². The van der Waals surface area contributed by atoms with E-state index in [9.17, 15) is 14.9 Å². The number of aryl methyl sites for hydroxylation is 1. The van der Waals surface area contributed by atoms with E-state index in [0.29, 0.717) is 11.3 Å². The number of ether oxygens (including phenoxy) is 1. The number of rotatable bonds is 6. The molecule has 130 valence electrons. The minimum atomic E-state index is -0.514. The summed E-state index contributed by atoms with van der Waals surface area (Å²) in [6.07, 6.45) is 1.22. The molecule has 25 heavy (non-hydrogen) atoms. The van der Waals surface area contributed by atoms with Crippen LogP contribution in [0.15, 0.2) is 50.4 Å². The zero-order valence-corrected chi connectivity index (χ0v) is 16.2. The van der Waals surface area contributed by atoms with Gasteiger partial charge in [0, 0.05) is 10.5 Å². The molecule has 9 heteroatoms. The first-order chi connectivity index (χ1) is 11.9. The lowest BCUT2D eigenvalue weighted by molar-refractivity contribution is -0.385. The summed E-state index contributed by atoms with van der Waals surface area (Å²) in [5.41, 5.74) is 3.34. The molecular formula is C16H13Br2N3O4. The van der Waals surface area contributed by atoms with Crippen LogP contribution in [0.4, 0.5) is 5.69 Å². The number of carbonyl (C=O) groups excluding carboxylic acids is 1. The minimum Gasteiger partial charge on any atom is -0.482 e. The maximum absolute atomic E-state index is 11.8. The van der Waals surface area contributed by atoms with Crippen molar-refractivity contribution in [2.75, 3.05) is 6.61 Å². The van der Waals surface area contributed by atoms with Crippen LogP contribution in [-0.2, 0) is 4.79 Å². The average molecular weight is 471 g/mol. The molecule has 2 aromatic rings. The molecule has 0 aromatic heterocycles. The maximum atomic E-state index is 11.8. The molecule has 1 amide bonds. The van der Waals surface area contributed by atoms with Gasteiger partial charge in [-0.3, -0.25) is 14.9 Å². The van der Waals surface area contributed by atoms with Crippen molar-refractivity contribution in [3.8, 4) is 5.75 Å². The van der Waals surface area contributed by atoms with Crippen LogP contribution >= 0.6 is 31.9 Å². The summed E-state index contributed by atoms with van der Waals surface area (Å²) < 4.78 is 7.10. The Hall–Kier alpha value is -2.26. The molecule has 7 nitrogen and oxygen atoms in total. The lowest BCUT2D eigenvalue weighted by atomic mass is 10.2. The van der Waals surface area contributed by atoms with E-state index in [1.165, 1.54) is 18.3 Å². The lowest BCUT2D eigenvalue weighted by Gasteiger charge is -2.10. The number of hydrogen-bond donors (Lipinski definition) is 1.